The van der Waals surface area contributed by atoms with Crippen molar-refractivity contribution in [2.45, 2.75) is 59.3 Å². The first kappa shape index (κ1) is 23.5. The van der Waals surface area contributed by atoms with Crippen molar-refractivity contribution in [3.05, 3.63) is 13.3 Å². The topological polar surface area (TPSA) is 52.6 Å². The fourth-order valence-corrected chi connectivity index (χ4v) is 12.6. The van der Waals surface area contributed by atoms with Gasteiger partial charge in [0.1, 0.15) is 9.75 Å². The van der Waals surface area contributed by atoms with Crippen molar-refractivity contribution in [1.29, 1.82) is 0 Å². The highest BCUT2D eigenvalue weighted by Crippen LogP contribution is 2.56. The first-order valence-electron chi connectivity index (χ1n) is 9.49. The van der Waals surface area contributed by atoms with Gasteiger partial charge in [-0.15, -0.1) is 22.7 Å². The van der Waals surface area contributed by atoms with E-state index in [1.54, 1.807) is 0 Å². The Labute approximate surface area is 165 Å². The Balaban J connectivity index is 3.69. The van der Waals surface area contributed by atoms with Crippen LogP contribution in [0.2, 0.25) is 0 Å². The second-order valence-corrected chi connectivity index (χ2v) is 13.5. The molecule has 0 unspecified atom stereocenters. The first-order chi connectivity index (χ1) is 12.5. The van der Waals surface area contributed by atoms with E-state index in [9.17, 15) is 9.59 Å². The molecule has 4 nitrogen and oxygen atoms in total. The van der Waals surface area contributed by atoms with E-state index < -0.39 is 18.8 Å². The summed E-state index contributed by atoms with van der Waals surface area (Å²) in [5.74, 6) is -0.866. The average molecular weight is 421 g/mol. The molecule has 0 bridgehead atoms. The Bertz CT molecular complexity index is 610. The maximum atomic E-state index is 12.2. The van der Waals surface area contributed by atoms with Gasteiger partial charge >= 0.3 is 11.9 Å². The van der Waals surface area contributed by atoms with Gasteiger partial charge in [-0.05, 0) is 37.7 Å². The van der Waals surface area contributed by atoms with Gasteiger partial charge in [0.05, 0.1) is 17.8 Å². The standard InChI is InChI=1S/C19H33O4PS2/c1-6-9-12-24(13-10-7-2,14-11-8-3)19-25-15(17(20)22-4)16(26-19)18(21)23-5/h6-14H2,1-5H3. The van der Waals surface area contributed by atoms with E-state index in [2.05, 4.69) is 20.8 Å². The van der Waals surface area contributed by atoms with E-state index in [1.165, 1.54) is 97.5 Å². The van der Waals surface area contributed by atoms with Crippen LogP contribution in [0.25, 0.3) is 0 Å². The summed E-state index contributed by atoms with van der Waals surface area (Å²) in [6, 6.07) is 0. The normalized spacial score (nSPS) is 11.4. The molecule has 7 heteroatoms. The van der Waals surface area contributed by atoms with Crippen molar-refractivity contribution >= 4 is 41.5 Å². The Morgan fingerprint density at radius 1 is 0.769 bits per heavy atom. The largest absolute Gasteiger partial charge is 0.465 e. The summed E-state index contributed by atoms with van der Waals surface area (Å²) in [6.07, 6.45) is 10.7. The zero-order valence-electron chi connectivity index (χ0n) is 16.8. The van der Waals surface area contributed by atoms with E-state index in [-0.39, 0.29) is 0 Å². The molecule has 0 saturated heterocycles. The highest BCUT2D eigenvalue weighted by atomic mass is 32.2. The van der Waals surface area contributed by atoms with Crippen LogP contribution in [0.1, 0.15) is 78.6 Å². The zero-order chi connectivity index (χ0) is 19.6. The molecular formula is C19H33O4PS2. The number of hydrogen-bond donors (Lipinski definition) is 0. The molecule has 0 saturated carbocycles. The van der Waals surface area contributed by atoms with Gasteiger partial charge in [0.15, 0.2) is 0 Å². The van der Waals surface area contributed by atoms with Crippen LogP contribution in [0.3, 0.4) is 0 Å². The monoisotopic (exact) mass is 420 g/mol. The lowest BCUT2D eigenvalue weighted by Crippen LogP contribution is -2.07. The van der Waals surface area contributed by atoms with Crippen LogP contribution < -0.4 is 0 Å². The highest BCUT2D eigenvalue weighted by molar-refractivity contribution is 7.73. The van der Waals surface area contributed by atoms with Crippen molar-refractivity contribution in [1.82, 2.24) is 0 Å². The molecule has 0 N–H and O–H groups in total. The van der Waals surface area contributed by atoms with Crippen LogP contribution >= 0.6 is 29.6 Å². The molecule has 0 fully saturated rings. The van der Waals surface area contributed by atoms with Crippen LogP contribution in [0.5, 0.6) is 0 Å². The molecule has 0 aliphatic rings. The van der Waals surface area contributed by atoms with Crippen LogP contribution in [0, 0.1) is 3.57 Å². The minimum Gasteiger partial charge on any atom is -0.465 e. The Morgan fingerprint density at radius 2 is 1.12 bits per heavy atom. The highest BCUT2D eigenvalue weighted by Gasteiger charge is 2.26. The minimum atomic E-state index is -1.38. The molecule has 0 radical (unpaired) electrons. The molecule has 1 rings (SSSR count). The third kappa shape index (κ3) is 5.97. The summed E-state index contributed by atoms with van der Waals surface area (Å²) in [5, 5.41) is 0. The van der Waals surface area contributed by atoms with E-state index >= 15 is 0 Å². The van der Waals surface area contributed by atoms with Crippen LogP contribution in [-0.2, 0) is 9.47 Å². The van der Waals surface area contributed by atoms with Gasteiger partial charge in [-0.25, -0.2) is 9.59 Å². The molecule has 1 aromatic heterocycles. The molecule has 0 atom stereocenters. The lowest BCUT2D eigenvalue weighted by atomic mass is 10.4. The number of carbonyl (C=O) groups is 2. The summed E-state index contributed by atoms with van der Waals surface area (Å²) >= 11 is 2.97. The maximum Gasteiger partial charge on any atom is 0.349 e. The number of carbonyl (C=O) groups excluding carboxylic acids is 2. The van der Waals surface area contributed by atoms with Gasteiger partial charge in [0, 0.05) is 0 Å². The second-order valence-electron chi connectivity index (χ2n) is 6.49. The average Bonchev–Trinajstić information content (AvgIpc) is 3.12. The molecule has 0 aromatic carbocycles. The lowest BCUT2D eigenvalue weighted by Gasteiger charge is -2.25. The Hall–Kier alpha value is -0.580. The maximum absolute atomic E-state index is 12.2. The van der Waals surface area contributed by atoms with E-state index in [0.29, 0.717) is 9.75 Å². The smallest absolute Gasteiger partial charge is 0.349 e. The number of esters is 2. The zero-order valence-corrected chi connectivity index (χ0v) is 19.3. The Morgan fingerprint density at radius 3 is 1.38 bits per heavy atom. The van der Waals surface area contributed by atoms with Gasteiger partial charge in [-0.3, -0.25) is 0 Å². The molecule has 150 valence electrons. The fraction of sp³-hybridized carbons (Fsp3) is 0.737. The van der Waals surface area contributed by atoms with Crippen molar-refractivity contribution in [3.63, 3.8) is 0 Å². The van der Waals surface area contributed by atoms with Crippen LogP contribution in [0.4, 0.5) is 0 Å². The van der Waals surface area contributed by atoms with Gasteiger partial charge < -0.3 is 9.47 Å². The van der Waals surface area contributed by atoms with Gasteiger partial charge in [0.25, 0.3) is 0 Å². The third-order valence-electron chi connectivity index (χ3n) is 4.53. The summed E-state index contributed by atoms with van der Waals surface area (Å²) in [6.45, 7) is 5.30. The molecule has 26 heavy (non-hydrogen) atoms. The van der Waals surface area contributed by atoms with Crippen molar-refractivity contribution in [2.75, 3.05) is 32.7 Å². The van der Waals surface area contributed by atoms with E-state index in [1.807, 2.05) is 0 Å². The quantitative estimate of drug-likeness (QED) is 0.310. The predicted molar refractivity (Wildman–Crippen MR) is 114 cm³/mol. The predicted octanol–water partition coefficient (Wildman–Crippen LogP) is 6.33. The van der Waals surface area contributed by atoms with E-state index in [0.717, 1.165) is 0 Å². The fourth-order valence-electron chi connectivity index (χ4n) is 2.93. The molecule has 0 amide bonds. The van der Waals surface area contributed by atoms with E-state index in [4.69, 9.17) is 9.47 Å². The number of hydrogen-bond acceptors (Lipinski definition) is 6. The molecule has 1 aromatic rings. The number of ether oxygens (including phenoxy) is 2. The van der Waals surface area contributed by atoms with Crippen LogP contribution in [-0.4, -0.2) is 44.6 Å². The van der Waals surface area contributed by atoms with Crippen molar-refractivity contribution < 1.29 is 19.1 Å². The molecular weight excluding hydrogens is 387 g/mol. The third-order valence-corrected chi connectivity index (χ3v) is 13.8. The van der Waals surface area contributed by atoms with Gasteiger partial charge in [0.2, 0.25) is 0 Å². The van der Waals surface area contributed by atoms with Crippen molar-refractivity contribution in [3.8, 4) is 0 Å². The summed E-state index contributed by atoms with van der Waals surface area (Å²) < 4.78 is 11.1. The summed E-state index contributed by atoms with van der Waals surface area (Å²) in [7, 11) is 2.72. The Kier molecular flexibility index (Phi) is 10.8. The van der Waals surface area contributed by atoms with Crippen molar-refractivity contribution in [2.24, 2.45) is 0 Å². The molecule has 0 aliphatic heterocycles. The lowest BCUT2D eigenvalue weighted by molar-refractivity contribution is 0.0564. The van der Waals surface area contributed by atoms with Crippen LogP contribution in [0.15, 0.2) is 0 Å². The summed E-state index contributed by atoms with van der Waals surface area (Å²) in [5.41, 5.74) is 0. The molecule has 0 spiro atoms. The summed E-state index contributed by atoms with van der Waals surface area (Å²) in [4.78, 5) is 25.3. The number of methoxy groups -OCH3 is 2. The van der Waals surface area contributed by atoms with Gasteiger partial charge in [-0.1, -0.05) is 46.9 Å². The second kappa shape index (κ2) is 12.0. The minimum absolute atomic E-state index is 0.410. The molecule has 0 aliphatic carbocycles. The first-order valence-corrected chi connectivity index (χ1v) is 13.5. The number of rotatable bonds is 11. The van der Waals surface area contributed by atoms with Gasteiger partial charge in [-0.2, -0.15) is 0 Å². The molecule has 1 heterocycles. The SMILES string of the molecule is CCCCP(CCCC)(CCCC)=c1sc(C(=O)OC)c(C(=O)OC)s1. The number of unbranched alkanes of at least 4 members (excludes halogenated alkanes) is 3.